The summed E-state index contributed by atoms with van der Waals surface area (Å²) in [5.41, 5.74) is 2.18. The Labute approximate surface area is 123 Å². The van der Waals surface area contributed by atoms with Gasteiger partial charge in [0.25, 0.3) is 5.56 Å². The van der Waals surface area contributed by atoms with Crippen LogP contribution in [0.4, 0.5) is 5.95 Å². The molecule has 5 N–H and O–H groups in total. The van der Waals surface area contributed by atoms with Crippen molar-refractivity contribution in [1.29, 1.82) is 0 Å². The van der Waals surface area contributed by atoms with Crippen molar-refractivity contribution in [1.82, 2.24) is 19.9 Å². The summed E-state index contributed by atoms with van der Waals surface area (Å²) in [6, 6.07) is 6.95. The van der Waals surface area contributed by atoms with Gasteiger partial charge in [-0.2, -0.15) is 4.98 Å². The minimum absolute atomic E-state index is 0.0829. The molecule has 0 aliphatic heterocycles. The number of anilines is 1. The van der Waals surface area contributed by atoms with E-state index in [4.69, 9.17) is 10.6 Å². The highest BCUT2D eigenvalue weighted by Crippen LogP contribution is 2.25. The number of rotatable bonds is 3. The van der Waals surface area contributed by atoms with Crippen molar-refractivity contribution in [2.45, 2.75) is 0 Å². The zero-order valence-electron chi connectivity index (χ0n) is 11.5. The smallest absolute Gasteiger partial charge is 0.327 e. The first-order chi connectivity index (χ1) is 10.6. The van der Waals surface area contributed by atoms with Crippen molar-refractivity contribution in [2.75, 3.05) is 12.5 Å². The molecule has 0 spiro atoms. The third-order valence-electron chi connectivity index (χ3n) is 3.09. The lowest BCUT2D eigenvalue weighted by Crippen LogP contribution is -2.24. The van der Waals surface area contributed by atoms with E-state index < -0.39 is 11.2 Å². The summed E-state index contributed by atoms with van der Waals surface area (Å²) in [6.07, 6.45) is 0. The minimum atomic E-state index is -0.653. The summed E-state index contributed by atoms with van der Waals surface area (Å²) in [5, 5.41) is 0.170. The third kappa shape index (κ3) is 2.29. The van der Waals surface area contributed by atoms with E-state index in [0.717, 1.165) is 0 Å². The quantitative estimate of drug-likeness (QED) is 0.393. The van der Waals surface area contributed by atoms with E-state index in [9.17, 15) is 9.59 Å². The molecule has 2 heterocycles. The van der Waals surface area contributed by atoms with Crippen LogP contribution in [0.2, 0.25) is 0 Å². The Bertz CT molecular complexity index is 945. The van der Waals surface area contributed by atoms with Gasteiger partial charge in [-0.15, -0.1) is 0 Å². The number of methoxy groups -OCH3 is 1. The van der Waals surface area contributed by atoms with Gasteiger partial charge in [-0.1, -0.05) is 0 Å². The lowest BCUT2D eigenvalue weighted by atomic mass is 10.1. The third-order valence-corrected chi connectivity index (χ3v) is 3.09. The van der Waals surface area contributed by atoms with E-state index in [2.05, 4.69) is 25.4 Å². The summed E-state index contributed by atoms with van der Waals surface area (Å²) < 4.78 is 5.10. The Hall–Kier alpha value is -3.20. The first kappa shape index (κ1) is 13.8. The average Bonchev–Trinajstić information content (AvgIpc) is 2.53. The normalized spacial score (nSPS) is 10.6. The van der Waals surface area contributed by atoms with Crippen molar-refractivity contribution in [3.8, 4) is 17.0 Å². The van der Waals surface area contributed by atoms with Gasteiger partial charge < -0.3 is 4.74 Å². The number of aromatic amines is 2. The fraction of sp³-hybridized carbons (Fsp3) is 0.0769. The molecule has 0 fully saturated rings. The monoisotopic (exact) mass is 300 g/mol. The van der Waals surface area contributed by atoms with Gasteiger partial charge in [0, 0.05) is 5.56 Å². The molecule has 0 atom stereocenters. The number of hydrogen-bond acceptors (Lipinski definition) is 7. The fourth-order valence-electron chi connectivity index (χ4n) is 2.09. The average molecular weight is 300 g/mol. The molecule has 0 radical (unpaired) electrons. The van der Waals surface area contributed by atoms with Crippen molar-refractivity contribution in [2.24, 2.45) is 5.84 Å². The molecule has 112 valence electrons. The number of nitrogens with two attached hydrogens (primary N) is 1. The Morgan fingerprint density at radius 2 is 1.86 bits per heavy atom. The lowest BCUT2D eigenvalue weighted by molar-refractivity contribution is 0.415. The number of fused-ring (bicyclic) bond motifs is 1. The molecule has 9 heteroatoms. The van der Waals surface area contributed by atoms with Crippen LogP contribution in [0.15, 0.2) is 33.9 Å². The first-order valence-corrected chi connectivity index (χ1v) is 6.28. The Morgan fingerprint density at radius 1 is 1.14 bits per heavy atom. The van der Waals surface area contributed by atoms with Crippen LogP contribution in [0.25, 0.3) is 22.3 Å². The number of H-pyrrole nitrogens is 2. The van der Waals surface area contributed by atoms with Crippen LogP contribution in [0.3, 0.4) is 0 Å². The van der Waals surface area contributed by atoms with E-state index >= 15 is 0 Å². The van der Waals surface area contributed by atoms with Gasteiger partial charge in [-0.3, -0.25) is 20.2 Å². The predicted octanol–water partition coefficient (Wildman–Crippen LogP) is -0.0324. The first-order valence-electron chi connectivity index (χ1n) is 6.28. The van der Waals surface area contributed by atoms with Gasteiger partial charge in [0.05, 0.1) is 12.8 Å². The second kappa shape index (κ2) is 5.30. The number of hydrogen-bond donors (Lipinski definition) is 4. The van der Waals surface area contributed by atoms with Gasteiger partial charge in [-0.05, 0) is 24.3 Å². The van der Waals surface area contributed by atoms with E-state index in [1.54, 1.807) is 31.4 Å². The minimum Gasteiger partial charge on any atom is -0.497 e. The number of nitrogens with one attached hydrogen (secondary N) is 3. The summed E-state index contributed by atoms with van der Waals surface area (Å²) in [5.74, 6) is 6.09. The Morgan fingerprint density at radius 3 is 2.50 bits per heavy atom. The SMILES string of the molecule is COc1ccc(-c2nc(NN)nc3[nH]c(=O)[nH]c(=O)c23)cc1. The molecule has 9 nitrogen and oxygen atoms in total. The molecule has 2 aromatic heterocycles. The predicted molar refractivity (Wildman–Crippen MR) is 80.6 cm³/mol. The van der Waals surface area contributed by atoms with Crippen molar-refractivity contribution in [3.63, 3.8) is 0 Å². The van der Waals surface area contributed by atoms with Crippen LogP contribution in [0, 0.1) is 0 Å². The molecule has 0 saturated heterocycles. The molecule has 1 aromatic carbocycles. The molecule has 0 saturated carbocycles. The Balaban J connectivity index is 2.35. The number of benzene rings is 1. The van der Waals surface area contributed by atoms with Gasteiger partial charge in [0.1, 0.15) is 11.1 Å². The van der Waals surface area contributed by atoms with Crippen LogP contribution in [-0.2, 0) is 0 Å². The van der Waals surface area contributed by atoms with E-state index in [1.165, 1.54) is 0 Å². The van der Waals surface area contributed by atoms with E-state index in [0.29, 0.717) is 17.0 Å². The van der Waals surface area contributed by atoms with Crippen molar-refractivity contribution < 1.29 is 4.74 Å². The maximum atomic E-state index is 12.1. The highest BCUT2D eigenvalue weighted by molar-refractivity contribution is 5.90. The van der Waals surface area contributed by atoms with Gasteiger partial charge >= 0.3 is 5.69 Å². The highest BCUT2D eigenvalue weighted by atomic mass is 16.5. The standard InChI is InChI=1S/C13H12N6O3/c1-22-7-4-2-6(3-5-7)9-8-10(16-12(15-9)19-14)17-13(21)18-11(8)20/h2-5H,14H2,1H3,(H3,15,16,17,18,19,20,21). The van der Waals surface area contributed by atoms with Gasteiger partial charge in [0.15, 0.2) is 5.65 Å². The second-order valence-corrected chi connectivity index (χ2v) is 4.40. The maximum absolute atomic E-state index is 12.1. The molecule has 0 bridgehead atoms. The second-order valence-electron chi connectivity index (χ2n) is 4.40. The zero-order valence-corrected chi connectivity index (χ0v) is 11.5. The molecule has 22 heavy (non-hydrogen) atoms. The largest absolute Gasteiger partial charge is 0.497 e. The molecular weight excluding hydrogens is 288 g/mol. The molecule has 3 aromatic rings. The number of nitrogens with zero attached hydrogens (tertiary/aromatic N) is 2. The lowest BCUT2D eigenvalue weighted by Gasteiger charge is -2.08. The number of aromatic nitrogens is 4. The van der Waals surface area contributed by atoms with Crippen molar-refractivity contribution >= 4 is 17.0 Å². The van der Waals surface area contributed by atoms with Crippen LogP contribution in [-0.4, -0.2) is 27.0 Å². The van der Waals surface area contributed by atoms with Crippen LogP contribution in [0.5, 0.6) is 5.75 Å². The van der Waals surface area contributed by atoms with E-state index in [1.807, 2.05) is 0 Å². The van der Waals surface area contributed by atoms with Gasteiger partial charge in [0.2, 0.25) is 5.95 Å². The van der Waals surface area contributed by atoms with Crippen LogP contribution >= 0.6 is 0 Å². The molecule has 0 amide bonds. The van der Waals surface area contributed by atoms with Crippen molar-refractivity contribution in [3.05, 3.63) is 45.1 Å². The van der Waals surface area contributed by atoms with Crippen LogP contribution in [0.1, 0.15) is 0 Å². The molecule has 0 aliphatic rings. The highest BCUT2D eigenvalue weighted by Gasteiger charge is 2.14. The van der Waals surface area contributed by atoms with Crippen LogP contribution < -0.4 is 27.3 Å². The number of ether oxygens (including phenoxy) is 1. The summed E-state index contributed by atoms with van der Waals surface area (Å²) in [6.45, 7) is 0. The molecular formula is C13H12N6O3. The molecule has 0 unspecified atom stereocenters. The van der Waals surface area contributed by atoms with E-state index in [-0.39, 0.29) is 17.0 Å². The Kier molecular flexibility index (Phi) is 3.31. The summed E-state index contributed by atoms with van der Waals surface area (Å²) >= 11 is 0. The maximum Gasteiger partial charge on any atom is 0.327 e. The topological polar surface area (TPSA) is 139 Å². The fourth-order valence-corrected chi connectivity index (χ4v) is 2.09. The number of nitrogen functional groups attached to an aromatic ring is 1. The molecule has 0 aliphatic carbocycles. The zero-order chi connectivity index (χ0) is 15.7. The van der Waals surface area contributed by atoms with Gasteiger partial charge in [-0.25, -0.2) is 15.6 Å². The summed E-state index contributed by atoms with van der Waals surface area (Å²) in [7, 11) is 1.56. The molecule has 3 rings (SSSR count). The number of hydrazine groups is 1. The summed E-state index contributed by atoms with van der Waals surface area (Å²) in [4.78, 5) is 36.3.